The molecule has 2 N–H and O–H groups in total. The van der Waals surface area contributed by atoms with E-state index < -0.39 is 6.03 Å². The summed E-state index contributed by atoms with van der Waals surface area (Å²) in [6.07, 6.45) is -0.237. The molecule has 1 saturated heterocycles. The summed E-state index contributed by atoms with van der Waals surface area (Å²) in [4.78, 5) is 25.0. The fourth-order valence-corrected chi connectivity index (χ4v) is 2.38. The Kier molecular flexibility index (Phi) is 5.98. The van der Waals surface area contributed by atoms with Crippen LogP contribution in [-0.4, -0.2) is 56.3 Å². The second-order valence-electron chi connectivity index (χ2n) is 5.32. The number of morpholine rings is 1. The number of carbonyl (C=O) groups excluding carboxylic acids is 2. The third-order valence-electron chi connectivity index (χ3n) is 3.65. The van der Waals surface area contributed by atoms with Crippen LogP contribution < -0.4 is 15.4 Å². The lowest BCUT2D eigenvalue weighted by molar-refractivity contribution is -0.136. The van der Waals surface area contributed by atoms with E-state index in [4.69, 9.17) is 14.7 Å². The molecule has 1 aromatic carbocycles. The average molecular weight is 332 g/mol. The number of nitrogens with one attached hydrogen (secondary N) is 2. The summed E-state index contributed by atoms with van der Waals surface area (Å²) in [5.41, 5.74) is 0.822. The van der Waals surface area contributed by atoms with Gasteiger partial charge in [0, 0.05) is 32.2 Å². The molecule has 0 radical (unpaired) electrons. The van der Waals surface area contributed by atoms with Crippen molar-refractivity contribution in [1.82, 2.24) is 10.2 Å². The van der Waals surface area contributed by atoms with Crippen molar-refractivity contribution in [3.8, 4) is 11.8 Å². The SMILES string of the molecule is COc1ccc(NC(=O)NC[C@H]2CN(C(C)=O)CCO2)cc1C#N. The highest BCUT2D eigenvalue weighted by molar-refractivity contribution is 5.89. The van der Waals surface area contributed by atoms with Crippen LogP contribution in [0.3, 0.4) is 0 Å². The van der Waals surface area contributed by atoms with Crippen molar-refractivity contribution in [3.05, 3.63) is 23.8 Å². The summed E-state index contributed by atoms with van der Waals surface area (Å²) in [5, 5.41) is 14.4. The lowest BCUT2D eigenvalue weighted by Gasteiger charge is -2.32. The molecule has 1 atom stereocenters. The Hall–Kier alpha value is -2.79. The average Bonchev–Trinajstić information content (AvgIpc) is 2.60. The summed E-state index contributed by atoms with van der Waals surface area (Å²) in [6, 6.07) is 6.39. The molecule has 0 aliphatic carbocycles. The predicted molar refractivity (Wildman–Crippen MR) is 86.7 cm³/mol. The predicted octanol–water partition coefficient (Wildman–Crippen LogP) is 0.936. The Labute approximate surface area is 140 Å². The van der Waals surface area contributed by atoms with E-state index in [1.54, 1.807) is 17.0 Å². The molecule has 0 aromatic heterocycles. The zero-order valence-corrected chi connectivity index (χ0v) is 13.7. The van der Waals surface area contributed by atoms with E-state index in [9.17, 15) is 9.59 Å². The van der Waals surface area contributed by atoms with E-state index in [2.05, 4.69) is 10.6 Å². The third kappa shape index (κ3) is 4.60. The maximum atomic E-state index is 12.0. The number of hydrogen-bond donors (Lipinski definition) is 2. The first-order chi connectivity index (χ1) is 11.5. The topological polar surface area (TPSA) is 104 Å². The molecule has 1 fully saturated rings. The van der Waals surface area contributed by atoms with Crippen LogP contribution >= 0.6 is 0 Å². The molecule has 0 spiro atoms. The minimum atomic E-state index is -0.410. The van der Waals surface area contributed by atoms with Gasteiger partial charge < -0.3 is 25.0 Å². The minimum Gasteiger partial charge on any atom is -0.495 e. The van der Waals surface area contributed by atoms with Gasteiger partial charge in [0.05, 0.1) is 25.4 Å². The summed E-state index contributed by atoms with van der Waals surface area (Å²) in [5.74, 6) is 0.443. The standard InChI is InChI=1S/C16H20N4O4/c1-11(21)20-5-6-24-14(10-20)9-18-16(22)19-13-3-4-15(23-2)12(7-13)8-17/h3-4,7,14H,5-6,9-10H2,1-2H3,(H2,18,19,22)/t14-/m0/s1. The molecule has 1 aromatic rings. The van der Waals surface area contributed by atoms with Gasteiger partial charge in [-0.2, -0.15) is 5.26 Å². The van der Waals surface area contributed by atoms with Gasteiger partial charge in [-0.1, -0.05) is 0 Å². The summed E-state index contributed by atoms with van der Waals surface area (Å²) < 4.78 is 10.6. The van der Waals surface area contributed by atoms with Gasteiger partial charge in [-0.05, 0) is 18.2 Å². The van der Waals surface area contributed by atoms with Gasteiger partial charge in [-0.25, -0.2) is 4.79 Å². The fourth-order valence-electron chi connectivity index (χ4n) is 2.38. The van der Waals surface area contributed by atoms with Crippen LogP contribution in [-0.2, 0) is 9.53 Å². The Balaban J connectivity index is 1.85. The minimum absolute atomic E-state index is 0.00461. The van der Waals surface area contributed by atoms with Gasteiger partial charge in [0.15, 0.2) is 0 Å². The van der Waals surface area contributed by atoms with Gasteiger partial charge in [-0.15, -0.1) is 0 Å². The first kappa shape index (κ1) is 17.6. The van der Waals surface area contributed by atoms with Crippen LogP contribution in [0.1, 0.15) is 12.5 Å². The van der Waals surface area contributed by atoms with E-state index in [1.807, 2.05) is 6.07 Å². The fraction of sp³-hybridized carbons (Fsp3) is 0.438. The lowest BCUT2D eigenvalue weighted by atomic mass is 10.2. The Morgan fingerprint density at radius 1 is 1.50 bits per heavy atom. The smallest absolute Gasteiger partial charge is 0.319 e. The van der Waals surface area contributed by atoms with Gasteiger partial charge in [0.2, 0.25) is 5.91 Å². The molecule has 24 heavy (non-hydrogen) atoms. The number of amides is 3. The molecular formula is C16H20N4O4. The van der Waals surface area contributed by atoms with E-state index in [0.717, 1.165) is 0 Å². The highest BCUT2D eigenvalue weighted by Crippen LogP contribution is 2.21. The number of urea groups is 1. The van der Waals surface area contributed by atoms with Crippen molar-refractivity contribution in [1.29, 1.82) is 5.26 Å². The third-order valence-corrected chi connectivity index (χ3v) is 3.65. The van der Waals surface area contributed by atoms with E-state index in [0.29, 0.717) is 36.7 Å². The van der Waals surface area contributed by atoms with Crippen LogP contribution in [0.4, 0.5) is 10.5 Å². The van der Waals surface area contributed by atoms with Crippen LogP contribution in [0.25, 0.3) is 0 Å². The molecule has 3 amide bonds. The number of hydrogen-bond acceptors (Lipinski definition) is 5. The van der Waals surface area contributed by atoms with E-state index in [1.165, 1.54) is 20.1 Å². The van der Waals surface area contributed by atoms with Gasteiger partial charge in [-0.3, -0.25) is 4.79 Å². The molecule has 8 nitrogen and oxygen atoms in total. The second-order valence-corrected chi connectivity index (χ2v) is 5.32. The molecule has 0 bridgehead atoms. The largest absolute Gasteiger partial charge is 0.495 e. The molecular weight excluding hydrogens is 312 g/mol. The van der Waals surface area contributed by atoms with E-state index in [-0.39, 0.29) is 18.6 Å². The molecule has 1 aliphatic rings. The summed E-state index contributed by atoms with van der Waals surface area (Å²) in [7, 11) is 1.48. The molecule has 1 aliphatic heterocycles. The molecule has 128 valence electrons. The van der Waals surface area contributed by atoms with Crippen LogP contribution in [0.15, 0.2) is 18.2 Å². The van der Waals surface area contributed by atoms with Crippen molar-refractivity contribution in [2.24, 2.45) is 0 Å². The van der Waals surface area contributed by atoms with Crippen LogP contribution in [0, 0.1) is 11.3 Å². The van der Waals surface area contributed by atoms with Crippen molar-refractivity contribution in [2.75, 3.05) is 38.7 Å². The second kappa shape index (κ2) is 8.17. The van der Waals surface area contributed by atoms with E-state index >= 15 is 0 Å². The lowest BCUT2D eigenvalue weighted by Crippen LogP contribution is -2.49. The maximum absolute atomic E-state index is 12.0. The number of benzene rings is 1. The van der Waals surface area contributed by atoms with Crippen LogP contribution in [0.5, 0.6) is 5.75 Å². The van der Waals surface area contributed by atoms with Gasteiger partial charge in [0.1, 0.15) is 11.8 Å². The number of carbonyl (C=O) groups is 2. The zero-order valence-electron chi connectivity index (χ0n) is 13.7. The Morgan fingerprint density at radius 2 is 2.29 bits per heavy atom. The highest BCUT2D eigenvalue weighted by Gasteiger charge is 2.22. The maximum Gasteiger partial charge on any atom is 0.319 e. The monoisotopic (exact) mass is 332 g/mol. The van der Waals surface area contributed by atoms with Crippen molar-refractivity contribution < 1.29 is 19.1 Å². The van der Waals surface area contributed by atoms with Crippen molar-refractivity contribution in [3.63, 3.8) is 0 Å². The molecule has 0 saturated carbocycles. The molecule has 2 rings (SSSR count). The Bertz CT molecular complexity index is 656. The number of anilines is 1. The highest BCUT2D eigenvalue weighted by atomic mass is 16.5. The number of nitriles is 1. The molecule has 0 unspecified atom stereocenters. The number of ether oxygens (including phenoxy) is 2. The summed E-state index contributed by atoms with van der Waals surface area (Å²) >= 11 is 0. The molecule has 8 heteroatoms. The first-order valence-corrected chi connectivity index (χ1v) is 7.53. The first-order valence-electron chi connectivity index (χ1n) is 7.53. The molecule has 1 heterocycles. The zero-order chi connectivity index (χ0) is 17.5. The van der Waals surface area contributed by atoms with Gasteiger partial charge >= 0.3 is 6.03 Å². The quantitative estimate of drug-likeness (QED) is 0.854. The number of rotatable bonds is 4. The summed E-state index contributed by atoms with van der Waals surface area (Å²) in [6.45, 7) is 3.28. The number of nitrogens with zero attached hydrogens (tertiary/aromatic N) is 2. The number of methoxy groups -OCH3 is 1. The van der Waals surface area contributed by atoms with Gasteiger partial charge in [0.25, 0.3) is 0 Å². The van der Waals surface area contributed by atoms with Crippen LogP contribution in [0.2, 0.25) is 0 Å². The van der Waals surface area contributed by atoms with Crippen molar-refractivity contribution in [2.45, 2.75) is 13.0 Å². The van der Waals surface area contributed by atoms with Crippen molar-refractivity contribution >= 4 is 17.6 Å². The normalized spacial score (nSPS) is 16.9. The Morgan fingerprint density at radius 3 is 2.96 bits per heavy atom.